The van der Waals surface area contributed by atoms with Crippen molar-refractivity contribution in [1.82, 2.24) is 0 Å². The second-order valence-corrected chi connectivity index (χ2v) is 5.56. The number of benzene rings is 2. The van der Waals surface area contributed by atoms with Gasteiger partial charge >= 0.3 is 0 Å². The number of anilines is 2. The number of fused-ring (bicyclic) bond motifs is 1. The van der Waals surface area contributed by atoms with Gasteiger partial charge in [0.25, 0.3) is 0 Å². The molecule has 0 atom stereocenters. The zero-order valence-electron chi connectivity index (χ0n) is 9.36. The quantitative estimate of drug-likeness (QED) is 0.639. The van der Waals surface area contributed by atoms with Crippen molar-refractivity contribution in [1.29, 1.82) is 0 Å². The molecule has 3 rings (SSSR count). The lowest BCUT2D eigenvalue weighted by molar-refractivity contribution is 0.881. The molecular formula is C14H13IN2. The highest BCUT2D eigenvalue weighted by atomic mass is 127. The van der Waals surface area contributed by atoms with Crippen LogP contribution in [-0.2, 0) is 13.1 Å². The molecule has 0 saturated carbocycles. The molecule has 2 aromatic rings. The number of halogens is 1. The van der Waals surface area contributed by atoms with E-state index in [1.54, 1.807) is 0 Å². The Morgan fingerprint density at radius 3 is 2.47 bits per heavy atom. The van der Waals surface area contributed by atoms with Gasteiger partial charge in [-0.15, -0.1) is 0 Å². The van der Waals surface area contributed by atoms with Crippen LogP contribution in [0.1, 0.15) is 11.1 Å². The van der Waals surface area contributed by atoms with Gasteiger partial charge in [-0.3, -0.25) is 0 Å². The van der Waals surface area contributed by atoms with Crippen LogP contribution >= 0.6 is 22.6 Å². The molecule has 86 valence electrons. The molecule has 0 bridgehead atoms. The van der Waals surface area contributed by atoms with E-state index in [1.165, 1.54) is 20.4 Å². The Kier molecular flexibility index (Phi) is 2.70. The Morgan fingerprint density at radius 2 is 1.76 bits per heavy atom. The summed E-state index contributed by atoms with van der Waals surface area (Å²) in [5.74, 6) is 0. The van der Waals surface area contributed by atoms with Gasteiger partial charge in [-0.25, -0.2) is 0 Å². The van der Waals surface area contributed by atoms with Crippen LogP contribution in [0.25, 0.3) is 0 Å². The summed E-state index contributed by atoms with van der Waals surface area (Å²) in [4.78, 5) is 2.36. The van der Waals surface area contributed by atoms with E-state index in [4.69, 9.17) is 5.73 Å². The van der Waals surface area contributed by atoms with E-state index in [1.807, 2.05) is 12.1 Å². The predicted molar refractivity (Wildman–Crippen MR) is 79.9 cm³/mol. The fraction of sp³-hybridized carbons (Fsp3) is 0.143. The van der Waals surface area contributed by atoms with E-state index in [0.29, 0.717) is 0 Å². The average molecular weight is 336 g/mol. The molecule has 2 aromatic carbocycles. The molecule has 1 aliphatic heterocycles. The van der Waals surface area contributed by atoms with Crippen LogP contribution < -0.4 is 10.6 Å². The average Bonchev–Trinajstić information content (AvgIpc) is 2.75. The van der Waals surface area contributed by atoms with Crippen molar-refractivity contribution in [2.45, 2.75) is 13.1 Å². The second-order valence-electron chi connectivity index (χ2n) is 4.32. The molecular weight excluding hydrogens is 323 g/mol. The van der Waals surface area contributed by atoms with Crippen LogP contribution in [0.2, 0.25) is 0 Å². The highest BCUT2D eigenvalue weighted by Gasteiger charge is 2.20. The highest BCUT2D eigenvalue weighted by molar-refractivity contribution is 14.1. The molecule has 0 fully saturated rings. The molecule has 1 heterocycles. The zero-order chi connectivity index (χ0) is 11.8. The van der Waals surface area contributed by atoms with E-state index in [0.717, 1.165) is 18.8 Å². The van der Waals surface area contributed by atoms with Gasteiger partial charge in [-0.1, -0.05) is 12.1 Å². The van der Waals surface area contributed by atoms with Crippen LogP contribution in [0.3, 0.4) is 0 Å². The number of nitrogens with two attached hydrogens (primary N) is 1. The van der Waals surface area contributed by atoms with Crippen LogP contribution in [-0.4, -0.2) is 0 Å². The fourth-order valence-corrected chi connectivity index (χ4v) is 2.64. The third-order valence-corrected chi connectivity index (χ3v) is 3.93. The minimum Gasteiger partial charge on any atom is -0.398 e. The number of hydrogen-bond donors (Lipinski definition) is 1. The molecule has 17 heavy (non-hydrogen) atoms. The lowest BCUT2D eigenvalue weighted by atomic mass is 10.1. The smallest absolute Gasteiger partial charge is 0.0457 e. The van der Waals surface area contributed by atoms with Crippen molar-refractivity contribution in [3.8, 4) is 0 Å². The van der Waals surface area contributed by atoms with E-state index in [9.17, 15) is 0 Å². The van der Waals surface area contributed by atoms with Gasteiger partial charge in [0.15, 0.2) is 0 Å². The van der Waals surface area contributed by atoms with Gasteiger partial charge in [0.05, 0.1) is 0 Å². The molecule has 0 unspecified atom stereocenters. The first-order chi connectivity index (χ1) is 8.24. The van der Waals surface area contributed by atoms with Crippen LogP contribution in [0, 0.1) is 3.57 Å². The highest BCUT2D eigenvalue weighted by Crippen LogP contribution is 2.31. The summed E-state index contributed by atoms with van der Waals surface area (Å²) >= 11 is 2.33. The molecule has 0 saturated heterocycles. The number of nitrogen functional groups attached to an aromatic ring is 1. The third kappa shape index (κ3) is 1.99. The molecule has 1 aliphatic rings. The molecule has 0 amide bonds. The lowest BCUT2D eigenvalue weighted by Gasteiger charge is -2.17. The molecule has 2 nitrogen and oxygen atoms in total. The maximum absolute atomic E-state index is 6.01. The van der Waals surface area contributed by atoms with Gasteiger partial charge in [0.1, 0.15) is 0 Å². The summed E-state index contributed by atoms with van der Waals surface area (Å²) in [6.45, 7) is 1.88. The molecule has 2 N–H and O–H groups in total. The fourth-order valence-electron chi connectivity index (χ4n) is 2.28. The van der Waals surface area contributed by atoms with Crippen molar-refractivity contribution >= 4 is 34.0 Å². The maximum atomic E-state index is 6.01. The van der Waals surface area contributed by atoms with E-state index in [2.05, 4.69) is 57.8 Å². The minimum atomic E-state index is 0.913. The van der Waals surface area contributed by atoms with E-state index < -0.39 is 0 Å². The Bertz CT molecular complexity index is 549. The molecule has 3 heteroatoms. The monoisotopic (exact) mass is 336 g/mol. The standard InChI is InChI=1S/C14H13IN2/c15-11-4-6-12(7-5-11)17-8-10-2-1-3-14(16)13(10)9-17/h1-7H,8-9,16H2. The van der Waals surface area contributed by atoms with Gasteiger partial charge in [0, 0.05) is 28.0 Å². The first-order valence-corrected chi connectivity index (χ1v) is 6.68. The lowest BCUT2D eigenvalue weighted by Crippen LogP contribution is -2.14. The summed E-state index contributed by atoms with van der Waals surface area (Å²) in [5, 5.41) is 0. The largest absolute Gasteiger partial charge is 0.398 e. The van der Waals surface area contributed by atoms with Gasteiger partial charge in [-0.2, -0.15) is 0 Å². The van der Waals surface area contributed by atoms with Crippen LogP contribution in [0.5, 0.6) is 0 Å². The van der Waals surface area contributed by atoms with Crippen molar-refractivity contribution in [2.75, 3.05) is 10.6 Å². The number of rotatable bonds is 1. The summed E-state index contributed by atoms with van der Waals surface area (Å²) in [6, 6.07) is 14.8. The van der Waals surface area contributed by atoms with Crippen LogP contribution in [0.4, 0.5) is 11.4 Å². The molecule has 0 aromatic heterocycles. The Labute approximate surface area is 115 Å². The van der Waals surface area contributed by atoms with Gasteiger partial charge in [0.2, 0.25) is 0 Å². The summed E-state index contributed by atoms with van der Waals surface area (Å²) in [5.41, 5.74) is 10.8. The van der Waals surface area contributed by atoms with E-state index in [-0.39, 0.29) is 0 Å². The number of hydrogen-bond acceptors (Lipinski definition) is 2. The Morgan fingerprint density at radius 1 is 1.00 bits per heavy atom. The Balaban J connectivity index is 1.91. The van der Waals surface area contributed by atoms with Crippen molar-refractivity contribution < 1.29 is 0 Å². The number of nitrogens with zero attached hydrogens (tertiary/aromatic N) is 1. The summed E-state index contributed by atoms with van der Waals surface area (Å²) in [6.07, 6.45) is 0. The van der Waals surface area contributed by atoms with Crippen molar-refractivity contribution in [3.63, 3.8) is 0 Å². The van der Waals surface area contributed by atoms with Crippen molar-refractivity contribution in [2.24, 2.45) is 0 Å². The molecule has 0 spiro atoms. The summed E-state index contributed by atoms with van der Waals surface area (Å²) < 4.78 is 1.27. The first-order valence-electron chi connectivity index (χ1n) is 5.61. The predicted octanol–water partition coefficient (Wildman–Crippen LogP) is 3.39. The summed E-state index contributed by atoms with van der Waals surface area (Å²) in [7, 11) is 0. The van der Waals surface area contributed by atoms with Gasteiger partial charge in [-0.05, 0) is 64.0 Å². The first kappa shape index (κ1) is 10.9. The molecule has 0 aliphatic carbocycles. The topological polar surface area (TPSA) is 29.3 Å². The third-order valence-electron chi connectivity index (χ3n) is 3.21. The maximum Gasteiger partial charge on any atom is 0.0457 e. The Hall–Kier alpha value is -1.23. The normalized spacial score (nSPS) is 13.8. The second kappa shape index (κ2) is 4.22. The van der Waals surface area contributed by atoms with Crippen molar-refractivity contribution in [3.05, 3.63) is 57.2 Å². The minimum absolute atomic E-state index is 0.913. The van der Waals surface area contributed by atoms with Crippen LogP contribution in [0.15, 0.2) is 42.5 Å². The van der Waals surface area contributed by atoms with Gasteiger partial charge < -0.3 is 10.6 Å². The zero-order valence-corrected chi connectivity index (χ0v) is 11.5. The molecule has 0 radical (unpaired) electrons. The van der Waals surface area contributed by atoms with E-state index >= 15 is 0 Å². The SMILES string of the molecule is Nc1cccc2c1CN(c1ccc(I)cc1)C2.